The van der Waals surface area contributed by atoms with Gasteiger partial charge in [-0.25, -0.2) is 0 Å². The number of ether oxygens (including phenoxy) is 2. The summed E-state index contributed by atoms with van der Waals surface area (Å²) >= 11 is 1.44. The average molecular weight is 293 g/mol. The van der Waals surface area contributed by atoms with Crippen molar-refractivity contribution in [1.82, 2.24) is 15.5 Å². The smallest absolute Gasteiger partial charge is 0.299 e. The van der Waals surface area contributed by atoms with Gasteiger partial charge in [0, 0.05) is 6.54 Å². The summed E-state index contributed by atoms with van der Waals surface area (Å²) < 4.78 is 11.4. The maximum absolute atomic E-state index is 5.76. The number of hydrogen-bond donors (Lipinski definition) is 1. The van der Waals surface area contributed by atoms with Crippen molar-refractivity contribution in [3.8, 4) is 16.7 Å². The molecule has 2 aromatic rings. The molecule has 1 aromatic carbocycles. The number of aromatic nitrogens is 2. The molecule has 0 spiro atoms. The van der Waals surface area contributed by atoms with Crippen LogP contribution in [0.5, 0.6) is 16.7 Å². The van der Waals surface area contributed by atoms with Gasteiger partial charge in [-0.15, -0.1) is 5.10 Å². The van der Waals surface area contributed by atoms with Crippen LogP contribution in [0.25, 0.3) is 0 Å². The van der Waals surface area contributed by atoms with Gasteiger partial charge in [0.25, 0.3) is 5.19 Å². The van der Waals surface area contributed by atoms with Crippen LogP contribution in [0.1, 0.15) is 25.3 Å². The molecule has 0 saturated heterocycles. The molecular formula is C14H19N3O2S. The van der Waals surface area contributed by atoms with E-state index >= 15 is 0 Å². The second kappa shape index (κ2) is 7.81. The van der Waals surface area contributed by atoms with Crippen LogP contribution < -0.4 is 14.8 Å². The highest BCUT2D eigenvalue weighted by atomic mass is 32.1. The Morgan fingerprint density at radius 2 is 1.95 bits per heavy atom. The summed E-state index contributed by atoms with van der Waals surface area (Å²) in [7, 11) is 0. The van der Waals surface area contributed by atoms with Crippen molar-refractivity contribution in [3.05, 3.63) is 29.3 Å². The fraction of sp³-hybridized carbons (Fsp3) is 0.429. The molecule has 0 atom stereocenters. The minimum absolute atomic E-state index is 0.533. The Balaban J connectivity index is 2.03. The molecule has 1 aromatic heterocycles. The van der Waals surface area contributed by atoms with Crippen LogP contribution in [0.3, 0.4) is 0 Å². The lowest BCUT2D eigenvalue weighted by Gasteiger charge is -2.09. The predicted molar refractivity (Wildman–Crippen MR) is 79.6 cm³/mol. The molecule has 20 heavy (non-hydrogen) atoms. The van der Waals surface area contributed by atoms with E-state index in [2.05, 4.69) is 29.4 Å². The van der Waals surface area contributed by atoms with Gasteiger partial charge in [-0.2, -0.15) is 0 Å². The van der Waals surface area contributed by atoms with E-state index < -0.39 is 0 Å². The number of para-hydroxylation sites is 2. The second-order valence-electron chi connectivity index (χ2n) is 4.14. The molecule has 108 valence electrons. The number of benzene rings is 1. The summed E-state index contributed by atoms with van der Waals surface area (Å²) in [5.41, 5.74) is 0. The predicted octanol–water partition coefficient (Wildman–Crippen LogP) is 3.23. The summed E-state index contributed by atoms with van der Waals surface area (Å²) in [6.07, 6.45) is 0.958. The van der Waals surface area contributed by atoms with E-state index in [0.717, 1.165) is 23.7 Å². The minimum Gasteiger partial charge on any atom is -0.490 e. The molecule has 0 saturated carbocycles. The van der Waals surface area contributed by atoms with Gasteiger partial charge in [-0.1, -0.05) is 42.4 Å². The first kappa shape index (κ1) is 14.7. The van der Waals surface area contributed by atoms with Gasteiger partial charge >= 0.3 is 0 Å². The first-order valence-corrected chi connectivity index (χ1v) is 7.58. The highest BCUT2D eigenvalue weighted by molar-refractivity contribution is 7.13. The lowest BCUT2D eigenvalue weighted by Crippen LogP contribution is -2.11. The average Bonchev–Trinajstić information content (AvgIpc) is 2.92. The van der Waals surface area contributed by atoms with E-state index in [9.17, 15) is 0 Å². The normalized spacial score (nSPS) is 10.5. The summed E-state index contributed by atoms with van der Waals surface area (Å²) in [4.78, 5) is 0. The van der Waals surface area contributed by atoms with Gasteiger partial charge in [-0.3, -0.25) is 0 Å². The Morgan fingerprint density at radius 3 is 2.70 bits per heavy atom. The maximum Gasteiger partial charge on any atom is 0.299 e. The van der Waals surface area contributed by atoms with Crippen LogP contribution in [-0.2, 0) is 6.54 Å². The molecule has 1 N–H and O–H groups in total. The van der Waals surface area contributed by atoms with Crippen molar-refractivity contribution < 1.29 is 9.47 Å². The van der Waals surface area contributed by atoms with Crippen molar-refractivity contribution in [2.75, 3.05) is 13.2 Å². The lowest BCUT2D eigenvalue weighted by atomic mass is 10.3. The van der Waals surface area contributed by atoms with Crippen LogP contribution in [0.2, 0.25) is 0 Å². The number of nitrogens with zero attached hydrogens (tertiary/aromatic N) is 2. The zero-order valence-electron chi connectivity index (χ0n) is 11.8. The van der Waals surface area contributed by atoms with Gasteiger partial charge in [-0.05, 0) is 25.1 Å². The number of nitrogens with one attached hydrogen (secondary N) is 1. The van der Waals surface area contributed by atoms with E-state index in [1.165, 1.54) is 11.3 Å². The van der Waals surface area contributed by atoms with Gasteiger partial charge in [0.1, 0.15) is 5.01 Å². The van der Waals surface area contributed by atoms with Crippen LogP contribution >= 0.6 is 11.3 Å². The SMILES string of the molecule is CCCOc1ccccc1Oc1nnc(CNCC)s1. The molecule has 0 amide bonds. The molecule has 0 unspecified atom stereocenters. The third kappa shape index (κ3) is 4.18. The fourth-order valence-corrected chi connectivity index (χ4v) is 2.21. The molecule has 0 bridgehead atoms. The Hall–Kier alpha value is -1.66. The molecule has 0 fully saturated rings. The Bertz CT molecular complexity index is 531. The van der Waals surface area contributed by atoms with E-state index in [4.69, 9.17) is 9.47 Å². The Labute approximate surface area is 123 Å². The summed E-state index contributed by atoms with van der Waals surface area (Å²) in [5, 5.41) is 12.8. The van der Waals surface area contributed by atoms with Crippen molar-refractivity contribution in [2.45, 2.75) is 26.8 Å². The first-order valence-electron chi connectivity index (χ1n) is 6.76. The van der Waals surface area contributed by atoms with Gasteiger partial charge in [0.2, 0.25) is 0 Å². The maximum atomic E-state index is 5.76. The summed E-state index contributed by atoms with van der Waals surface area (Å²) in [6.45, 7) is 6.41. The van der Waals surface area contributed by atoms with Crippen molar-refractivity contribution in [1.29, 1.82) is 0 Å². The molecule has 0 aliphatic carbocycles. The Morgan fingerprint density at radius 1 is 1.15 bits per heavy atom. The molecule has 1 heterocycles. The molecule has 5 nitrogen and oxygen atoms in total. The van der Waals surface area contributed by atoms with E-state index in [0.29, 0.717) is 24.1 Å². The quantitative estimate of drug-likeness (QED) is 0.810. The van der Waals surface area contributed by atoms with Gasteiger partial charge in [0.05, 0.1) is 6.61 Å². The number of rotatable bonds is 8. The number of hydrogen-bond acceptors (Lipinski definition) is 6. The van der Waals surface area contributed by atoms with Crippen molar-refractivity contribution >= 4 is 11.3 Å². The minimum atomic E-state index is 0.533. The first-order chi connectivity index (χ1) is 9.83. The fourth-order valence-electron chi connectivity index (χ4n) is 1.54. The van der Waals surface area contributed by atoms with E-state index in [1.807, 2.05) is 24.3 Å². The standard InChI is InChI=1S/C14H19N3O2S/c1-3-9-18-11-7-5-6-8-12(11)19-14-17-16-13(20-14)10-15-4-2/h5-8,15H,3-4,9-10H2,1-2H3. The van der Waals surface area contributed by atoms with Crippen molar-refractivity contribution in [3.63, 3.8) is 0 Å². The highest BCUT2D eigenvalue weighted by Crippen LogP contribution is 2.32. The molecule has 0 radical (unpaired) electrons. The zero-order valence-corrected chi connectivity index (χ0v) is 12.6. The van der Waals surface area contributed by atoms with Gasteiger partial charge in [0.15, 0.2) is 11.5 Å². The molecule has 2 rings (SSSR count). The molecule has 6 heteroatoms. The zero-order chi connectivity index (χ0) is 14.2. The van der Waals surface area contributed by atoms with E-state index in [-0.39, 0.29) is 0 Å². The van der Waals surface area contributed by atoms with E-state index in [1.54, 1.807) is 0 Å². The molecule has 0 aliphatic rings. The molecular weight excluding hydrogens is 274 g/mol. The Kier molecular flexibility index (Phi) is 5.76. The summed E-state index contributed by atoms with van der Waals surface area (Å²) in [5.74, 6) is 1.41. The monoisotopic (exact) mass is 293 g/mol. The highest BCUT2D eigenvalue weighted by Gasteiger charge is 2.09. The van der Waals surface area contributed by atoms with Crippen LogP contribution in [0.15, 0.2) is 24.3 Å². The molecule has 0 aliphatic heterocycles. The third-order valence-electron chi connectivity index (χ3n) is 2.48. The van der Waals surface area contributed by atoms with Gasteiger partial charge < -0.3 is 14.8 Å². The topological polar surface area (TPSA) is 56.3 Å². The largest absolute Gasteiger partial charge is 0.490 e. The van der Waals surface area contributed by atoms with Crippen LogP contribution in [0.4, 0.5) is 0 Å². The van der Waals surface area contributed by atoms with Crippen LogP contribution in [0, 0.1) is 0 Å². The lowest BCUT2D eigenvalue weighted by molar-refractivity contribution is 0.301. The van der Waals surface area contributed by atoms with Crippen LogP contribution in [-0.4, -0.2) is 23.3 Å². The third-order valence-corrected chi connectivity index (χ3v) is 3.28. The van der Waals surface area contributed by atoms with Crippen molar-refractivity contribution in [2.24, 2.45) is 0 Å². The second-order valence-corrected chi connectivity index (χ2v) is 5.16. The summed E-state index contributed by atoms with van der Waals surface area (Å²) in [6, 6.07) is 7.60.